The van der Waals surface area contributed by atoms with E-state index in [2.05, 4.69) is 5.32 Å². The lowest BCUT2D eigenvalue weighted by Crippen LogP contribution is -2.26. The Labute approximate surface area is 130 Å². The molecule has 22 heavy (non-hydrogen) atoms. The van der Waals surface area contributed by atoms with Crippen LogP contribution in [0.25, 0.3) is 0 Å². The molecule has 1 aromatic heterocycles. The van der Waals surface area contributed by atoms with Crippen LogP contribution in [0.2, 0.25) is 0 Å². The van der Waals surface area contributed by atoms with Gasteiger partial charge >= 0.3 is 0 Å². The number of para-hydroxylation sites is 1. The van der Waals surface area contributed by atoms with Crippen LogP contribution in [0.4, 0.5) is 0 Å². The zero-order chi connectivity index (χ0) is 15.6. The van der Waals surface area contributed by atoms with Crippen molar-refractivity contribution in [1.82, 2.24) is 5.32 Å². The largest absolute Gasteiger partial charge is 0.489 e. The van der Waals surface area contributed by atoms with E-state index in [1.54, 1.807) is 6.07 Å². The van der Waals surface area contributed by atoms with Crippen molar-refractivity contribution in [3.05, 3.63) is 54.0 Å². The Morgan fingerprint density at radius 1 is 1.23 bits per heavy atom. The molecule has 0 aliphatic rings. The topological polar surface area (TPSA) is 60.7 Å². The van der Waals surface area contributed by atoms with E-state index in [-0.39, 0.29) is 5.91 Å². The van der Waals surface area contributed by atoms with Crippen LogP contribution in [0.15, 0.2) is 47.1 Å². The van der Waals surface area contributed by atoms with Crippen LogP contribution >= 0.6 is 0 Å². The minimum Gasteiger partial charge on any atom is -0.489 e. The number of hydrogen-bond acceptors (Lipinski definition) is 4. The minimum atomic E-state index is -0.229. The summed E-state index contributed by atoms with van der Waals surface area (Å²) in [4.78, 5) is 12.1. The lowest BCUT2D eigenvalue weighted by Gasteiger charge is -2.07. The van der Waals surface area contributed by atoms with Crippen LogP contribution in [0.1, 0.15) is 29.5 Å². The van der Waals surface area contributed by atoms with Crippen molar-refractivity contribution in [2.24, 2.45) is 0 Å². The Morgan fingerprint density at radius 3 is 2.82 bits per heavy atom. The third-order valence-corrected chi connectivity index (χ3v) is 3.05. The van der Waals surface area contributed by atoms with Crippen LogP contribution in [-0.4, -0.2) is 25.7 Å². The summed E-state index contributed by atoms with van der Waals surface area (Å²) < 4.78 is 16.1. The van der Waals surface area contributed by atoms with E-state index in [0.717, 1.165) is 17.7 Å². The number of carbonyl (C=O) groups is 1. The van der Waals surface area contributed by atoms with E-state index in [9.17, 15) is 4.79 Å². The fourth-order valence-corrected chi connectivity index (χ4v) is 1.93. The lowest BCUT2D eigenvalue weighted by molar-refractivity contribution is 0.0913. The molecule has 5 nitrogen and oxygen atoms in total. The molecule has 1 heterocycles. The number of ether oxygens (including phenoxy) is 2. The van der Waals surface area contributed by atoms with Gasteiger partial charge in [-0.3, -0.25) is 4.79 Å². The first-order chi connectivity index (χ1) is 10.8. The van der Waals surface area contributed by atoms with Gasteiger partial charge in [-0.15, -0.1) is 0 Å². The fourth-order valence-electron chi connectivity index (χ4n) is 1.93. The van der Waals surface area contributed by atoms with Crippen molar-refractivity contribution >= 4 is 5.91 Å². The zero-order valence-corrected chi connectivity index (χ0v) is 12.7. The van der Waals surface area contributed by atoms with Crippen molar-refractivity contribution in [2.45, 2.75) is 20.0 Å². The molecule has 0 unspecified atom stereocenters. The predicted molar refractivity (Wildman–Crippen MR) is 82.9 cm³/mol. The summed E-state index contributed by atoms with van der Waals surface area (Å²) in [5, 5.41) is 2.81. The van der Waals surface area contributed by atoms with Crippen molar-refractivity contribution in [3.8, 4) is 5.75 Å². The first-order valence-electron chi connectivity index (χ1n) is 7.41. The Kier molecular flexibility index (Phi) is 6.51. The highest BCUT2D eigenvalue weighted by atomic mass is 16.5. The van der Waals surface area contributed by atoms with Crippen molar-refractivity contribution in [2.75, 3.05) is 19.8 Å². The maximum atomic E-state index is 12.1. The highest BCUT2D eigenvalue weighted by Crippen LogP contribution is 2.15. The standard InChI is InChI=1S/C17H21NO4/c1-2-20-11-6-10-18-17(19)16-14(9-12-21-16)13-22-15-7-4-3-5-8-15/h3-5,7-9,12H,2,6,10-11,13H2,1H3,(H,18,19). The summed E-state index contributed by atoms with van der Waals surface area (Å²) in [6.45, 7) is 4.12. The molecule has 1 amide bonds. The number of amides is 1. The van der Waals surface area contributed by atoms with Crippen LogP contribution in [0.5, 0.6) is 5.75 Å². The van der Waals surface area contributed by atoms with Gasteiger partial charge in [0.25, 0.3) is 5.91 Å². The second kappa shape index (κ2) is 8.89. The van der Waals surface area contributed by atoms with Gasteiger partial charge in [0.2, 0.25) is 0 Å². The Morgan fingerprint density at radius 2 is 2.05 bits per heavy atom. The second-order valence-corrected chi connectivity index (χ2v) is 4.68. The monoisotopic (exact) mass is 303 g/mol. The molecule has 0 aliphatic heterocycles. The number of nitrogens with one attached hydrogen (secondary N) is 1. The molecule has 0 spiro atoms. The van der Waals surface area contributed by atoms with Crippen molar-refractivity contribution < 1.29 is 18.7 Å². The molecule has 0 bridgehead atoms. The number of carbonyl (C=O) groups excluding carboxylic acids is 1. The van der Waals surface area contributed by atoms with Crippen LogP contribution in [0, 0.1) is 0 Å². The lowest BCUT2D eigenvalue weighted by atomic mass is 10.2. The van der Waals surface area contributed by atoms with Gasteiger partial charge in [-0.2, -0.15) is 0 Å². The molecule has 118 valence electrons. The Balaban J connectivity index is 1.82. The third kappa shape index (κ3) is 4.93. The van der Waals surface area contributed by atoms with Gasteiger partial charge in [-0.25, -0.2) is 0 Å². The van der Waals surface area contributed by atoms with E-state index in [1.165, 1.54) is 6.26 Å². The van der Waals surface area contributed by atoms with E-state index in [4.69, 9.17) is 13.9 Å². The number of hydrogen-bond donors (Lipinski definition) is 1. The van der Waals surface area contributed by atoms with Gasteiger partial charge in [0.1, 0.15) is 12.4 Å². The SMILES string of the molecule is CCOCCCNC(=O)c1occc1COc1ccccc1. The summed E-state index contributed by atoms with van der Waals surface area (Å²) in [7, 11) is 0. The Bertz CT molecular complexity index is 565. The van der Waals surface area contributed by atoms with Gasteiger partial charge in [-0.1, -0.05) is 18.2 Å². The molecule has 1 N–H and O–H groups in total. The van der Waals surface area contributed by atoms with Crippen LogP contribution in [0.3, 0.4) is 0 Å². The molecule has 0 saturated carbocycles. The molecule has 0 aliphatic carbocycles. The minimum absolute atomic E-state index is 0.229. The second-order valence-electron chi connectivity index (χ2n) is 4.68. The average molecular weight is 303 g/mol. The molecule has 0 atom stereocenters. The van der Waals surface area contributed by atoms with E-state index < -0.39 is 0 Å². The summed E-state index contributed by atoms with van der Waals surface area (Å²) in [5.74, 6) is 0.826. The van der Waals surface area contributed by atoms with Gasteiger partial charge < -0.3 is 19.2 Å². The number of benzene rings is 1. The number of rotatable bonds is 9. The van der Waals surface area contributed by atoms with Crippen LogP contribution in [-0.2, 0) is 11.3 Å². The molecular formula is C17H21NO4. The molecule has 5 heteroatoms. The maximum Gasteiger partial charge on any atom is 0.287 e. The molecule has 2 rings (SSSR count). The molecule has 0 saturated heterocycles. The molecule has 0 fully saturated rings. The molecule has 1 aromatic carbocycles. The van der Waals surface area contributed by atoms with E-state index >= 15 is 0 Å². The normalized spacial score (nSPS) is 10.4. The predicted octanol–water partition coefficient (Wildman–Crippen LogP) is 3.02. The highest BCUT2D eigenvalue weighted by molar-refractivity contribution is 5.92. The smallest absolute Gasteiger partial charge is 0.287 e. The van der Waals surface area contributed by atoms with Crippen molar-refractivity contribution in [3.63, 3.8) is 0 Å². The number of furan rings is 1. The highest BCUT2D eigenvalue weighted by Gasteiger charge is 2.15. The average Bonchev–Trinajstić information content (AvgIpc) is 3.02. The third-order valence-electron chi connectivity index (χ3n) is 3.05. The van der Waals surface area contributed by atoms with Gasteiger partial charge in [-0.05, 0) is 31.5 Å². The van der Waals surface area contributed by atoms with Gasteiger partial charge in [0.15, 0.2) is 5.76 Å². The summed E-state index contributed by atoms with van der Waals surface area (Å²) in [6, 6.07) is 11.2. The molecular weight excluding hydrogens is 282 g/mol. The zero-order valence-electron chi connectivity index (χ0n) is 12.7. The summed E-state index contributed by atoms with van der Waals surface area (Å²) in [5.41, 5.74) is 0.728. The quantitative estimate of drug-likeness (QED) is 0.723. The first-order valence-corrected chi connectivity index (χ1v) is 7.41. The Hall–Kier alpha value is -2.27. The first kappa shape index (κ1) is 16.1. The van der Waals surface area contributed by atoms with Gasteiger partial charge in [0.05, 0.1) is 6.26 Å². The molecule has 0 radical (unpaired) electrons. The van der Waals surface area contributed by atoms with Crippen LogP contribution < -0.4 is 10.1 Å². The van der Waals surface area contributed by atoms with E-state index in [1.807, 2.05) is 37.3 Å². The maximum absolute atomic E-state index is 12.1. The fraction of sp³-hybridized carbons (Fsp3) is 0.353. The summed E-state index contributed by atoms with van der Waals surface area (Å²) >= 11 is 0. The van der Waals surface area contributed by atoms with Gasteiger partial charge in [0, 0.05) is 25.3 Å². The summed E-state index contributed by atoms with van der Waals surface area (Å²) in [6.07, 6.45) is 2.27. The van der Waals surface area contributed by atoms with E-state index in [0.29, 0.717) is 32.1 Å². The molecule has 2 aromatic rings. The van der Waals surface area contributed by atoms with Crippen molar-refractivity contribution in [1.29, 1.82) is 0 Å².